The minimum atomic E-state index is -0.964. The van der Waals surface area contributed by atoms with Gasteiger partial charge in [0, 0.05) is 14.1 Å². The van der Waals surface area contributed by atoms with Crippen LogP contribution >= 0.6 is 0 Å². The van der Waals surface area contributed by atoms with E-state index in [2.05, 4.69) is 21.5 Å². The van der Waals surface area contributed by atoms with Crippen LogP contribution in [0.2, 0.25) is 0 Å². The molecule has 0 bridgehead atoms. The molecular weight excluding hydrogens is 288 g/mol. The van der Waals surface area contributed by atoms with Gasteiger partial charge in [0.1, 0.15) is 12.2 Å². The normalized spacial score (nSPS) is 25.1. The maximum absolute atomic E-state index is 10.3. The fourth-order valence-corrected chi connectivity index (χ4v) is 2.50. The number of aliphatic hydroxyl groups is 2. The first kappa shape index (κ1) is 14.7. The summed E-state index contributed by atoms with van der Waals surface area (Å²) in [4.78, 5) is 14.4. The summed E-state index contributed by atoms with van der Waals surface area (Å²) in [7, 11) is 3.65. The summed E-state index contributed by atoms with van der Waals surface area (Å²) >= 11 is 0. The lowest BCUT2D eigenvalue weighted by Gasteiger charge is -2.17. The molecule has 0 amide bonds. The number of nitrogen functional groups attached to an aromatic ring is 1. The van der Waals surface area contributed by atoms with E-state index in [0.29, 0.717) is 22.6 Å². The molecule has 4 N–H and O–H groups in total. The van der Waals surface area contributed by atoms with Gasteiger partial charge in [0.25, 0.3) is 0 Å². The lowest BCUT2D eigenvalue weighted by atomic mass is 10.1. The zero-order valence-electron chi connectivity index (χ0n) is 12.3. The maximum atomic E-state index is 10.3. The van der Waals surface area contributed by atoms with Crippen LogP contribution in [-0.4, -0.2) is 62.6 Å². The molecular formula is C13H18N6O3. The number of hydrogen-bond acceptors (Lipinski definition) is 8. The third-order valence-corrected chi connectivity index (χ3v) is 3.65. The van der Waals surface area contributed by atoms with Gasteiger partial charge in [0.05, 0.1) is 12.9 Å². The van der Waals surface area contributed by atoms with E-state index < -0.39 is 18.4 Å². The molecule has 0 radical (unpaired) electrons. The summed E-state index contributed by atoms with van der Waals surface area (Å²) in [6.07, 6.45) is -0.843. The number of nitrogens with two attached hydrogens (primary N) is 1. The summed E-state index contributed by atoms with van der Waals surface area (Å²) in [5.74, 6) is 0.675. The SMILES string of the molecule is C=C1[C@@H](O)[C@H](n2cnc3c(N(C)C)nc(N)nc32)O[C@@H]1CO. The zero-order valence-corrected chi connectivity index (χ0v) is 12.3. The highest BCUT2D eigenvalue weighted by atomic mass is 16.5. The number of anilines is 2. The van der Waals surface area contributed by atoms with Crippen LogP contribution < -0.4 is 10.6 Å². The van der Waals surface area contributed by atoms with Crippen LogP contribution in [-0.2, 0) is 4.74 Å². The average Bonchev–Trinajstić information content (AvgIpc) is 3.00. The topological polar surface area (TPSA) is 123 Å². The summed E-state index contributed by atoms with van der Waals surface area (Å²) in [5, 5.41) is 19.5. The monoisotopic (exact) mass is 306 g/mol. The van der Waals surface area contributed by atoms with Gasteiger partial charge in [-0.1, -0.05) is 6.58 Å². The molecule has 0 spiro atoms. The van der Waals surface area contributed by atoms with Gasteiger partial charge in [0.15, 0.2) is 23.2 Å². The zero-order chi connectivity index (χ0) is 16.0. The van der Waals surface area contributed by atoms with Crippen LogP contribution in [0.15, 0.2) is 18.5 Å². The molecule has 3 heterocycles. The van der Waals surface area contributed by atoms with Crippen molar-refractivity contribution >= 4 is 22.9 Å². The van der Waals surface area contributed by atoms with E-state index in [-0.39, 0.29) is 12.6 Å². The van der Waals surface area contributed by atoms with Crippen molar-refractivity contribution in [3.05, 3.63) is 18.5 Å². The maximum Gasteiger partial charge on any atom is 0.224 e. The van der Waals surface area contributed by atoms with Crippen molar-refractivity contribution in [2.75, 3.05) is 31.3 Å². The van der Waals surface area contributed by atoms with Gasteiger partial charge in [-0.3, -0.25) is 4.57 Å². The van der Waals surface area contributed by atoms with E-state index in [1.807, 2.05) is 14.1 Å². The molecule has 2 aromatic rings. The molecule has 3 rings (SSSR count). The molecule has 118 valence electrons. The Morgan fingerprint density at radius 1 is 1.45 bits per heavy atom. The highest BCUT2D eigenvalue weighted by Crippen LogP contribution is 2.34. The van der Waals surface area contributed by atoms with Gasteiger partial charge in [-0.05, 0) is 5.57 Å². The molecule has 0 unspecified atom stereocenters. The summed E-state index contributed by atoms with van der Waals surface area (Å²) in [6, 6.07) is 0. The Hall–Kier alpha value is -2.23. The first-order chi connectivity index (χ1) is 10.4. The van der Waals surface area contributed by atoms with Gasteiger partial charge in [0.2, 0.25) is 5.95 Å². The van der Waals surface area contributed by atoms with Crippen LogP contribution in [0.1, 0.15) is 6.23 Å². The molecule has 1 fully saturated rings. The molecule has 0 aliphatic carbocycles. The second-order valence-corrected chi connectivity index (χ2v) is 5.34. The van der Waals surface area contributed by atoms with E-state index in [1.54, 1.807) is 9.47 Å². The largest absolute Gasteiger partial charge is 0.393 e. The number of imidazole rings is 1. The second-order valence-electron chi connectivity index (χ2n) is 5.34. The summed E-state index contributed by atoms with van der Waals surface area (Å²) in [6.45, 7) is 3.51. The predicted octanol–water partition coefficient (Wildman–Crippen LogP) is -0.719. The van der Waals surface area contributed by atoms with Crippen LogP contribution in [0.25, 0.3) is 11.2 Å². The molecule has 1 aliphatic rings. The van der Waals surface area contributed by atoms with Crippen LogP contribution in [0, 0.1) is 0 Å². The quantitative estimate of drug-likeness (QED) is 0.635. The molecule has 1 aliphatic heterocycles. The molecule has 3 atom stereocenters. The Kier molecular flexibility index (Phi) is 3.47. The highest BCUT2D eigenvalue weighted by Gasteiger charge is 2.39. The van der Waals surface area contributed by atoms with E-state index in [0.717, 1.165) is 0 Å². The van der Waals surface area contributed by atoms with Gasteiger partial charge < -0.3 is 25.6 Å². The number of hydrogen-bond donors (Lipinski definition) is 3. The Labute approximate surface area is 126 Å². The van der Waals surface area contributed by atoms with E-state index >= 15 is 0 Å². The van der Waals surface area contributed by atoms with E-state index in [1.165, 1.54) is 6.33 Å². The minimum absolute atomic E-state index is 0.1000. The number of aliphatic hydroxyl groups excluding tert-OH is 2. The lowest BCUT2D eigenvalue weighted by Crippen LogP contribution is -2.20. The fraction of sp³-hybridized carbons (Fsp3) is 0.462. The summed E-state index contributed by atoms with van der Waals surface area (Å²) in [5.41, 5.74) is 7.17. The number of ether oxygens (including phenoxy) is 1. The molecule has 1 saturated heterocycles. The first-order valence-corrected chi connectivity index (χ1v) is 6.74. The number of rotatable bonds is 3. The van der Waals surface area contributed by atoms with Crippen molar-refractivity contribution in [1.29, 1.82) is 0 Å². The number of aromatic nitrogens is 4. The van der Waals surface area contributed by atoms with Crippen molar-refractivity contribution in [3.8, 4) is 0 Å². The van der Waals surface area contributed by atoms with Crippen molar-refractivity contribution < 1.29 is 14.9 Å². The highest BCUT2D eigenvalue weighted by molar-refractivity contribution is 5.84. The number of fused-ring (bicyclic) bond motifs is 1. The first-order valence-electron chi connectivity index (χ1n) is 6.74. The predicted molar refractivity (Wildman–Crippen MR) is 80.2 cm³/mol. The van der Waals surface area contributed by atoms with Crippen molar-refractivity contribution in [3.63, 3.8) is 0 Å². The van der Waals surface area contributed by atoms with Crippen molar-refractivity contribution in [2.24, 2.45) is 0 Å². The third kappa shape index (κ3) is 2.10. The minimum Gasteiger partial charge on any atom is -0.393 e. The Morgan fingerprint density at radius 2 is 2.18 bits per heavy atom. The van der Waals surface area contributed by atoms with E-state index in [9.17, 15) is 10.2 Å². The second kappa shape index (κ2) is 5.20. The lowest BCUT2D eigenvalue weighted by molar-refractivity contribution is -0.0483. The number of nitrogens with zero attached hydrogens (tertiary/aromatic N) is 5. The third-order valence-electron chi connectivity index (χ3n) is 3.65. The van der Waals surface area contributed by atoms with Crippen LogP contribution in [0.3, 0.4) is 0 Å². The summed E-state index contributed by atoms with van der Waals surface area (Å²) < 4.78 is 7.21. The van der Waals surface area contributed by atoms with Gasteiger partial charge in [-0.15, -0.1) is 0 Å². The molecule has 9 nitrogen and oxygen atoms in total. The Balaban J connectivity index is 2.11. The Morgan fingerprint density at radius 3 is 2.77 bits per heavy atom. The Bertz CT molecular complexity index is 728. The van der Waals surface area contributed by atoms with Crippen molar-refractivity contribution in [2.45, 2.75) is 18.4 Å². The van der Waals surface area contributed by atoms with Crippen molar-refractivity contribution in [1.82, 2.24) is 19.5 Å². The molecule has 0 aromatic carbocycles. The molecule has 22 heavy (non-hydrogen) atoms. The van der Waals surface area contributed by atoms with Crippen LogP contribution in [0.5, 0.6) is 0 Å². The van der Waals surface area contributed by atoms with Gasteiger partial charge >= 0.3 is 0 Å². The average molecular weight is 306 g/mol. The van der Waals surface area contributed by atoms with Gasteiger partial charge in [-0.2, -0.15) is 9.97 Å². The molecule has 9 heteroatoms. The smallest absolute Gasteiger partial charge is 0.224 e. The van der Waals surface area contributed by atoms with Crippen LogP contribution in [0.4, 0.5) is 11.8 Å². The standard InChI is InChI=1S/C13H18N6O3/c1-6-7(4-20)22-12(9(6)21)19-5-15-8-10(18(2)3)16-13(14)17-11(8)19/h5,7,9,12,20-21H,1,4H2,2-3H3,(H2,14,16,17)/t7-,9-,12-/m1/s1. The van der Waals surface area contributed by atoms with E-state index in [4.69, 9.17) is 10.5 Å². The fourth-order valence-electron chi connectivity index (χ4n) is 2.50. The molecule has 0 saturated carbocycles. The molecule has 2 aromatic heterocycles. The van der Waals surface area contributed by atoms with Gasteiger partial charge in [-0.25, -0.2) is 4.98 Å².